The molecule has 1 fully saturated rings. The molecule has 148 valence electrons. The molecule has 7 heteroatoms. The Bertz CT molecular complexity index is 873. The number of benzene rings is 1. The summed E-state index contributed by atoms with van der Waals surface area (Å²) in [7, 11) is 3.46. The number of carbonyl (C=O) groups is 2. The van der Waals surface area contributed by atoms with E-state index in [1.807, 2.05) is 41.4 Å². The first kappa shape index (κ1) is 18.9. The van der Waals surface area contributed by atoms with Gasteiger partial charge in [0, 0.05) is 50.1 Å². The highest BCUT2D eigenvalue weighted by Gasteiger charge is 2.38. The molecule has 0 radical (unpaired) electrons. The molecule has 1 aliphatic heterocycles. The summed E-state index contributed by atoms with van der Waals surface area (Å²) in [5.41, 5.74) is 2.10. The molecule has 6 nitrogen and oxygen atoms in total. The number of halogens is 1. The summed E-state index contributed by atoms with van der Waals surface area (Å²) in [6.45, 7) is 1.48. The molecule has 2 aromatic rings. The van der Waals surface area contributed by atoms with Gasteiger partial charge in [-0.2, -0.15) is 0 Å². The second-order valence-electron chi connectivity index (χ2n) is 7.70. The Morgan fingerprint density at radius 2 is 1.82 bits per heavy atom. The number of hydrogen-bond donors (Lipinski definition) is 0. The predicted molar refractivity (Wildman–Crippen MR) is 108 cm³/mol. The average molecular weight is 401 g/mol. The van der Waals surface area contributed by atoms with Gasteiger partial charge in [0.15, 0.2) is 0 Å². The first-order chi connectivity index (χ1) is 13.5. The number of carbonyl (C=O) groups excluding carboxylic acids is 2. The molecule has 2 heterocycles. The van der Waals surface area contributed by atoms with E-state index >= 15 is 0 Å². The molecular formula is C21H25ClN4O2. The lowest BCUT2D eigenvalue weighted by atomic mass is 10.00. The smallest absolute Gasteiger partial charge is 0.320 e. The fourth-order valence-corrected chi connectivity index (χ4v) is 4.01. The van der Waals surface area contributed by atoms with Crippen molar-refractivity contribution in [3.8, 4) is 0 Å². The van der Waals surface area contributed by atoms with E-state index in [9.17, 15) is 9.59 Å². The zero-order valence-electron chi connectivity index (χ0n) is 16.2. The van der Waals surface area contributed by atoms with Crippen molar-refractivity contribution in [2.75, 3.05) is 27.2 Å². The third kappa shape index (κ3) is 3.61. The Morgan fingerprint density at radius 1 is 1.11 bits per heavy atom. The van der Waals surface area contributed by atoms with Gasteiger partial charge in [-0.25, -0.2) is 4.79 Å². The number of rotatable bonds is 4. The highest BCUT2D eigenvalue weighted by Crippen LogP contribution is 2.34. The molecule has 0 bridgehead atoms. The third-order valence-electron chi connectivity index (χ3n) is 5.47. The Labute approximate surface area is 170 Å². The van der Waals surface area contributed by atoms with Gasteiger partial charge in [0.2, 0.25) is 5.91 Å². The van der Waals surface area contributed by atoms with Crippen molar-refractivity contribution >= 4 is 23.5 Å². The molecule has 3 amide bonds. The minimum Gasteiger partial charge on any atom is -0.348 e. The fourth-order valence-electron chi connectivity index (χ4n) is 3.88. The maximum absolute atomic E-state index is 13.3. The number of hydrogen-bond acceptors (Lipinski definition) is 2. The molecule has 2 aliphatic rings. The van der Waals surface area contributed by atoms with E-state index in [1.54, 1.807) is 23.9 Å². The Morgan fingerprint density at radius 3 is 2.46 bits per heavy atom. The van der Waals surface area contributed by atoms with Crippen molar-refractivity contribution in [2.24, 2.45) is 0 Å². The number of urea groups is 1. The number of fused-ring (bicyclic) bond motifs is 1. The second-order valence-corrected chi connectivity index (χ2v) is 8.14. The first-order valence-corrected chi connectivity index (χ1v) is 10.0. The minimum atomic E-state index is -0.177. The predicted octanol–water partition coefficient (Wildman–Crippen LogP) is 3.22. The lowest BCUT2D eigenvalue weighted by molar-refractivity contribution is -0.134. The maximum atomic E-state index is 13.3. The first-order valence-electron chi connectivity index (χ1n) is 9.63. The Hall–Kier alpha value is -2.47. The monoisotopic (exact) mass is 400 g/mol. The largest absolute Gasteiger partial charge is 0.348 e. The van der Waals surface area contributed by atoms with Crippen LogP contribution in [-0.4, -0.2) is 64.4 Å². The van der Waals surface area contributed by atoms with Crippen LogP contribution in [0.2, 0.25) is 5.02 Å². The molecular weight excluding hydrogens is 376 g/mol. The molecule has 1 aromatic heterocycles. The van der Waals surface area contributed by atoms with E-state index in [2.05, 4.69) is 10.6 Å². The molecule has 1 unspecified atom stereocenters. The van der Waals surface area contributed by atoms with E-state index in [0.29, 0.717) is 11.6 Å². The Balaban J connectivity index is 1.62. The van der Waals surface area contributed by atoms with E-state index in [-0.39, 0.29) is 30.6 Å². The van der Waals surface area contributed by atoms with Gasteiger partial charge in [0.05, 0.1) is 6.04 Å². The lowest BCUT2D eigenvalue weighted by Crippen LogP contribution is -2.50. The second kappa shape index (κ2) is 7.51. The van der Waals surface area contributed by atoms with Crippen LogP contribution in [0.5, 0.6) is 0 Å². The zero-order chi connectivity index (χ0) is 19.8. The Kier molecular flexibility index (Phi) is 5.06. The van der Waals surface area contributed by atoms with Crippen LogP contribution in [0.15, 0.2) is 42.6 Å². The SMILES string of the molecule is CN(C)C(=O)N(CC(=O)N1CCn2cccc2C1c1ccc(Cl)cc1)C1CC1. The van der Waals surface area contributed by atoms with Gasteiger partial charge in [-0.05, 0) is 42.7 Å². The van der Waals surface area contributed by atoms with Crippen molar-refractivity contribution in [2.45, 2.75) is 31.5 Å². The lowest BCUT2D eigenvalue weighted by Gasteiger charge is -2.38. The number of nitrogens with zero attached hydrogens (tertiary/aromatic N) is 4. The quantitative estimate of drug-likeness (QED) is 0.791. The van der Waals surface area contributed by atoms with Gasteiger partial charge in [-0.1, -0.05) is 23.7 Å². The third-order valence-corrected chi connectivity index (χ3v) is 5.72. The van der Waals surface area contributed by atoms with Crippen molar-refractivity contribution in [1.29, 1.82) is 0 Å². The van der Waals surface area contributed by atoms with Gasteiger partial charge in [-0.3, -0.25) is 4.79 Å². The van der Waals surface area contributed by atoms with Crippen molar-refractivity contribution in [3.63, 3.8) is 0 Å². The minimum absolute atomic E-state index is 0.0190. The van der Waals surface area contributed by atoms with Gasteiger partial charge in [-0.15, -0.1) is 0 Å². The molecule has 0 spiro atoms. The van der Waals surface area contributed by atoms with Crippen LogP contribution in [0.1, 0.15) is 30.1 Å². The van der Waals surface area contributed by atoms with Gasteiger partial charge < -0.3 is 19.3 Å². The van der Waals surface area contributed by atoms with E-state index in [4.69, 9.17) is 11.6 Å². The van der Waals surface area contributed by atoms with Gasteiger partial charge in [0.1, 0.15) is 6.54 Å². The highest BCUT2D eigenvalue weighted by molar-refractivity contribution is 6.30. The van der Waals surface area contributed by atoms with E-state index in [1.165, 1.54) is 0 Å². The van der Waals surface area contributed by atoms with Crippen molar-refractivity contribution in [1.82, 2.24) is 19.3 Å². The summed E-state index contributed by atoms with van der Waals surface area (Å²) < 4.78 is 2.19. The molecule has 1 aliphatic carbocycles. The summed E-state index contributed by atoms with van der Waals surface area (Å²) in [6.07, 6.45) is 3.98. The highest BCUT2D eigenvalue weighted by atomic mass is 35.5. The molecule has 0 N–H and O–H groups in total. The molecule has 1 saturated carbocycles. The van der Waals surface area contributed by atoms with Crippen LogP contribution in [0.3, 0.4) is 0 Å². The molecule has 1 atom stereocenters. The van der Waals surface area contributed by atoms with Crippen LogP contribution in [0.25, 0.3) is 0 Å². The van der Waals surface area contributed by atoms with Gasteiger partial charge in [0.25, 0.3) is 0 Å². The number of amides is 3. The van der Waals surface area contributed by atoms with Crippen LogP contribution in [0, 0.1) is 0 Å². The van der Waals surface area contributed by atoms with Crippen LogP contribution in [-0.2, 0) is 11.3 Å². The summed E-state index contributed by atoms with van der Waals surface area (Å²) in [5.74, 6) is -0.0190. The van der Waals surface area contributed by atoms with Crippen LogP contribution >= 0.6 is 11.6 Å². The maximum Gasteiger partial charge on any atom is 0.320 e. The average Bonchev–Trinajstić information content (AvgIpc) is 3.41. The standard InChI is InChI=1S/C21H25ClN4O2/c1-23(2)21(28)26(17-9-10-17)14-19(27)25-13-12-24-11-3-4-18(24)20(25)15-5-7-16(22)8-6-15/h3-8,11,17,20H,9-10,12-14H2,1-2H3. The van der Waals surface area contributed by atoms with Gasteiger partial charge >= 0.3 is 6.03 Å². The van der Waals surface area contributed by atoms with Crippen LogP contribution < -0.4 is 0 Å². The van der Waals surface area contributed by atoms with Crippen LogP contribution in [0.4, 0.5) is 4.79 Å². The molecule has 4 rings (SSSR count). The number of aromatic nitrogens is 1. The fraction of sp³-hybridized carbons (Fsp3) is 0.429. The van der Waals surface area contributed by atoms with Crippen molar-refractivity contribution < 1.29 is 9.59 Å². The summed E-state index contributed by atoms with van der Waals surface area (Å²) in [5, 5.41) is 0.671. The van der Waals surface area contributed by atoms with E-state index < -0.39 is 0 Å². The molecule has 1 aromatic carbocycles. The summed E-state index contributed by atoms with van der Waals surface area (Å²) in [4.78, 5) is 31.0. The molecule has 28 heavy (non-hydrogen) atoms. The summed E-state index contributed by atoms with van der Waals surface area (Å²) >= 11 is 6.07. The zero-order valence-corrected chi connectivity index (χ0v) is 17.0. The molecule has 0 saturated heterocycles. The summed E-state index contributed by atoms with van der Waals surface area (Å²) in [6, 6.07) is 11.6. The van der Waals surface area contributed by atoms with E-state index in [0.717, 1.165) is 30.6 Å². The topological polar surface area (TPSA) is 48.8 Å². The van der Waals surface area contributed by atoms with Crippen molar-refractivity contribution in [3.05, 3.63) is 58.9 Å². The normalized spacial score (nSPS) is 18.5.